The zero-order valence-electron chi connectivity index (χ0n) is 10.1. The molecule has 1 heterocycles. The molecule has 0 saturated heterocycles. The maximum atomic E-state index is 11.9. The van der Waals surface area contributed by atoms with Crippen molar-refractivity contribution in [2.75, 3.05) is 5.32 Å². The molecule has 0 aliphatic heterocycles. The van der Waals surface area contributed by atoms with Crippen LogP contribution in [0, 0.1) is 0 Å². The first kappa shape index (κ1) is 13.1. The van der Waals surface area contributed by atoms with Gasteiger partial charge < -0.3 is 0 Å². The largest absolute Gasteiger partial charge is 0.298 e. The van der Waals surface area contributed by atoms with Crippen molar-refractivity contribution in [3.8, 4) is 0 Å². The van der Waals surface area contributed by atoms with Crippen molar-refractivity contribution in [2.24, 2.45) is 0 Å². The van der Waals surface area contributed by atoms with E-state index in [-0.39, 0.29) is 5.91 Å². The normalized spacial score (nSPS) is 10.7. The molecule has 1 aromatic carbocycles. The molecule has 0 spiro atoms. The van der Waals surface area contributed by atoms with Gasteiger partial charge in [-0.3, -0.25) is 10.1 Å². The fourth-order valence-electron chi connectivity index (χ4n) is 1.41. The van der Waals surface area contributed by atoms with Gasteiger partial charge in [0.15, 0.2) is 5.13 Å². The highest BCUT2D eigenvalue weighted by atomic mass is 35.5. The van der Waals surface area contributed by atoms with Crippen molar-refractivity contribution in [2.45, 2.75) is 19.8 Å². The molecule has 2 rings (SSSR count). The van der Waals surface area contributed by atoms with E-state index < -0.39 is 0 Å². The van der Waals surface area contributed by atoms with E-state index in [4.69, 9.17) is 11.6 Å². The Kier molecular flexibility index (Phi) is 3.99. The summed E-state index contributed by atoms with van der Waals surface area (Å²) in [4.78, 5) is 16.3. The van der Waals surface area contributed by atoms with Crippen molar-refractivity contribution in [1.29, 1.82) is 0 Å². The zero-order chi connectivity index (χ0) is 13.1. The number of carbonyl (C=O) groups excluding carboxylic acids is 1. The van der Waals surface area contributed by atoms with E-state index in [9.17, 15) is 4.79 Å². The lowest BCUT2D eigenvalue weighted by molar-refractivity contribution is 0.102. The molecule has 0 aliphatic rings. The number of benzene rings is 1. The van der Waals surface area contributed by atoms with Gasteiger partial charge in [-0.2, -0.15) is 0 Å². The van der Waals surface area contributed by atoms with Crippen LogP contribution in [0.2, 0.25) is 5.02 Å². The van der Waals surface area contributed by atoms with Gasteiger partial charge in [-0.1, -0.05) is 31.5 Å². The Morgan fingerprint density at radius 2 is 2.22 bits per heavy atom. The van der Waals surface area contributed by atoms with Crippen molar-refractivity contribution in [1.82, 2.24) is 4.98 Å². The van der Waals surface area contributed by atoms with Crippen LogP contribution in [0.4, 0.5) is 5.13 Å². The number of hydrogen-bond donors (Lipinski definition) is 1. The fourth-order valence-corrected chi connectivity index (χ4v) is 2.47. The first-order valence-corrected chi connectivity index (χ1v) is 6.84. The van der Waals surface area contributed by atoms with E-state index in [0.29, 0.717) is 21.6 Å². The molecule has 1 N–H and O–H groups in total. The van der Waals surface area contributed by atoms with Gasteiger partial charge in [0, 0.05) is 16.0 Å². The van der Waals surface area contributed by atoms with Gasteiger partial charge in [-0.05, 0) is 24.1 Å². The highest BCUT2D eigenvalue weighted by Gasteiger charge is 2.10. The number of hydrogen-bond acceptors (Lipinski definition) is 3. The summed E-state index contributed by atoms with van der Waals surface area (Å²) in [7, 11) is 0. The van der Waals surface area contributed by atoms with Crippen LogP contribution in [0.1, 0.15) is 35.8 Å². The summed E-state index contributed by atoms with van der Waals surface area (Å²) < 4.78 is 0. The quantitative estimate of drug-likeness (QED) is 0.917. The maximum absolute atomic E-state index is 11.9. The Hall–Kier alpha value is -1.39. The molecule has 1 aromatic heterocycles. The average molecular weight is 281 g/mol. The number of rotatable bonds is 3. The Labute approximate surface area is 115 Å². The molecule has 2 aromatic rings. The molecule has 0 fully saturated rings. The third-order valence-electron chi connectivity index (χ3n) is 2.42. The summed E-state index contributed by atoms with van der Waals surface area (Å²) in [6.45, 7) is 4.13. The van der Waals surface area contributed by atoms with Crippen LogP contribution in [0.15, 0.2) is 29.6 Å². The molecule has 0 atom stereocenters. The van der Waals surface area contributed by atoms with Crippen molar-refractivity contribution >= 4 is 34.0 Å². The summed E-state index contributed by atoms with van der Waals surface area (Å²) >= 11 is 7.27. The zero-order valence-corrected chi connectivity index (χ0v) is 11.7. The van der Waals surface area contributed by atoms with Crippen LogP contribution in [0.25, 0.3) is 0 Å². The lowest BCUT2D eigenvalue weighted by Crippen LogP contribution is -2.11. The highest BCUT2D eigenvalue weighted by Crippen LogP contribution is 2.22. The molecule has 0 radical (unpaired) electrons. The summed E-state index contributed by atoms with van der Waals surface area (Å²) in [6, 6.07) is 6.84. The van der Waals surface area contributed by atoms with Crippen molar-refractivity contribution in [3.05, 3.63) is 45.9 Å². The summed E-state index contributed by atoms with van der Waals surface area (Å²) in [5, 5.41) is 5.89. The minimum Gasteiger partial charge on any atom is -0.298 e. The molecule has 1 amide bonds. The summed E-state index contributed by atoms with van der Waals surface area (Å²) in [6.07, 6.45) is 0. The van der Waals surface area contributed by atoms with E-state index in [1.165, 1.54) is 11.3 Å². The SMILES string of the molecule is CC(C)c1csc(NC(=O)c2cccc(Cl)c2)n1. The number of halogens is 1. The first-order chi connectivity index (χ1) is 8.56. The van der Waals surface area contributed by atoms with Crippen LogP contribution in [0.3, 0.4) is 0 Å². The number of nitrogens with one attached hydrogen (secondary N) is 1. The topological polar surface area (TPSA) is 42.0 Å². The second-order valence-electron chi connectivity index (χ2n) is 4.20. The van der Waals surface area contributed by atoms with Gasteiger partial charge in [0.25, 0.3) is 5.91 Å². The van der Waals surface area contributed by atoms with Crippen LogP contribution in [-0.4, -0.2) is 10.9 Å². The number of nitrogens with zero attached hydrogens (tertiary/aromatic N) is 1. The number of aromatic nitrogens is 1. The Balaban J connectivity index is 2.11. The first-order valence-electron chi connectivity index (χ1n) is 5.58. The molecular weight excluding hydrogens is 268 g/mol. The molecular formula is C13H13ClN2OS. The van der Waals surface area contributed by atoms with Gasteiger partial charge >= 0.3 is 0 Å². The Morgan fingerprint density at radius 1 is 1.44 bits per heavy atom. The van der Waals surface area contributed by atoms with Gasteiger partial charge in [0.1, 0.15) is 0 Å². The standard InChI is InChI=1S/C13H13ClN2OS/c1-8(2)11-7-18-13(15-11)16-12(17)9-4-3-5-10(14)6-9/h3-8H,1-2H3,(H,15,16,17). The predicted molar refractivity (Wildman–Crippen MR) is 75.6 cm³/mol. The fraction of sp³-hybridized carbons (Fsp3) is 0.231. The molecule has 0 aliphatic carbocycles. The molecule has 0 unspecified atom stereocenters. The van der Waals surface area contributed by atoms with E-state index in [1.54, 1.807) is 24.3 Å². The smallest absolute Gasteiger partial charge is 0.257 e. The number of thiazole rings is 1. The maximum Gasteiger partial charge on any atom is 0.257 e. The molecule has 94 valence electrons. The van der Waals surface area contributed by atoms with Gasteiger partial charge in [-0.25, -0.2) is 4.98 Å². The van der Waals surface area contributed by atoms with E-state index in [1.807, 2.05) is 5.38 Å². The van der Waals surface area contributed by atoms with Crippen molar-refractivity contribution < 1.29 is 4.79 Å². The predicted octanol–water partition coefficient (Wildman–Crippen LogP) is 4.17. The second-order valence-corrected chi connectivity index (χ2v) is 5.49. The van der Waals surface area contributed by atoms with Gasteiger partial charge in [0.05, 0.1) is 5.69 Å². The molecule has 18 heavy (non-hydrogen) atoms. The van der Waals surface area contributed by atoms with E-state index in [2.05, 4.69) is 24.1 Å². The van der Waals surface area contributed by atoms with E-state index >= 15 is 0 Å². The van der Waals surface area contributed by atoms with Crippen LogP contribution in [-0.2, 0) is 0 Å². The van der Waals surface area contributed by atoms with Gasteiger partial charge in [0.2, 0.25) is 0 Å². The Bertz CT molecular complexity index is 566. The van der Waals surface area contributed by atoms with Crippen molar-refractivity contribution in [3.63, 3.8) is 0 Å². The Morgan fingerprint density at radius 3 is 2.83 bits per heavy atom. The molecule has 0 bridgehead atoms. The summed E-state index contributed by atoms with van der Waals surface area (Å²) in [5.74, 6) is 0.167. The minimum absolute atomic E-state index is 0.192. The third kappa shape index (κ3) is 3.09. The number of anilines is 1. The minimum atomic E-state index is -0.192. The lowest BCUT2D eigenvalue weighted by Gasteiger charge is -2.02. The highest BCUT2D eigenvalue weighted by molar-refractivity contribution is 7.14. The molecule has 3 nitrogen and oxygen atoms in total. The third-order valence-corrected chi connectivity index (χ3v) is 3.43. The lowest BCUT2D eigenvalue weighted by atomic mass is 10.2. The summed E-state index contributed by atoms with van der Waals surface area (Å²) in [5.41, 5.74) is 1.52. The van der Waals surface area contributed by atoms with Gasteiger partial charge in [-0.15, -0.1) is 11.3 Å². The average Bonchev–Trinajstić information content (AvgIpc) is 2.77. The number of amides is 1. The number of carbonyl (C=O) groups is 1. The molecule has 0 saturated carbocycles. The monoisotopic (exact) mass is 280 g/mol. The van der Waals surface area contributed by atoms with Crippen LogP contribution >= 0.6 is 22.9 Å². The molecule has 5 heteroatoms. The van der Waals surface area contributed by atoms with Crippen LogP contribution in [0.5, 0.6) is 0 Å². The second kappa shape index (κ2) is 5.50. The van der Waals surface area contributed by atoms with Crippen LogP contribution < -0.4 is 5.32 Å². The van der Waals surface area contributed by atoms with E-state index in [0.717, 1.165) is 5.69 Å².